The van der Waals surface area contributed by atoms with Gasteiger partial charge in [-0.2, -0.15) is 0 Å². The highest BCUT2D eigenvalue weighted by molar-refractivity contribution is 7.19. The topological polar surface area (TPSA) is 81.6 Å². The largest absolute Gasteiger partial charge is 0.474 e. The zero-order valence-corrected chi connectivity index (χ0v) is 18.8. The third-order valence-electron chi connectivity index (χ3n) is 5.94. The summed E-state index contributed by atoms with van der Waals surface area (Å²) in [5.74, 6) is 0.510. The van der Waals surface area contributed by atoms with Crippen molar-refractivity contribution >= 4 is 33.9 Å². The number of carbonyl (C=O) groups is 2. The molecule has 0 spiro atoms. The van der Waals surface area contributed by atoms with E-state index in [0.717, 1.165) is 60.6 Å². The van der Waals surface area contributed by atoms with Gasteiger partial charge in [0.15, 0.2) is 0 Å². The highest BCUT2D eigenvalue weighted by Gasteiger charge is 2.33. The van der Waals surface area contributed by atoms with Gasteiger partial charge in [0.25, 0.3) is 0 Å². The van der Waals surface area contributed by atoms with E-state index in [-0.39, 0.29) is 24.2 Å². The molecule has 0 aliphatic heterocycles. The SMILES string of the molecule is CN(C(=O)OC(C)(C)C)C1CCC(Oc2ncnc3sc4c(c23)[C@@H](C=O)CC4)CC1. The number of hydrogen-bond donors (Lipinski definition) is 0. The molecule has 162 valence electrons. The Morgan fingerprint density at radius 1 is 1.20 bits per heavy atom. The van der Waals surface area contributed by atoms with Gasteiger partial charge in [0, 0.05) is 23.9 Å². The number of fused-ring (bicyclic) bond motifs is 3. The summed E-state index contributed by atoms with van der Waals surface area (Å²) in [5, 5.41) is 0.917. The minimum Gasteiger partial charge on any atom is -0.474 e. The van der Waals surface area contributed by atoms with E-state index in [1.54, 1.807) is 22.6 Å². The number of nitrogens with zero attached hydrogens (tertiary/aromatic N) is 3. The van der Waals surface area contributed by atoms with Gasteiger partial charge in [0.1, 0.15) is 29.1 Å². The molecule has 0 unspecified atom stereocenters. The lowest BCUT2D eigenvalue weighted by Crippen LogP contribution is -2.43. The van der Waals surface area contributed by atoms with Gasteiger partial charge in [-0.15, -0.1) is 11.3 Å². The van der Waals surface area contributed by atoms with Crippen LogP contribution in [0.25, 0.3) is 10.2 Å². The summed E-state index contributed by atoms with van der Waals surface area (Å²) in [7, 11) is 1.81. The van der Waals surface area contributed by atoms with Crippen LogP contribution in [0.1, 0.15) is 69.2 Å². The average molecular weight is 432 g/mol. The molecule has 0 bridgehead atoms. The molecule has 0 aromatic carbocycles. The summed E-state index contributed by atoms with van der Waals surface area (Å²) in [6, 6.07) is 0.148. The first-order valence-corrected chi connectivity index (χ1v) is 11.4. The Kier molecular flexibility index (Phi) is 5.70. The molecule has 7 nitrogen and oxygen atoms in total. The molecule has 1 atom stereocenters. The lowest BCUT2D eigenvalue weighted by Gasteiger charge is -2.35. The fourth-order valence-corrected chi connectivity index (χ4v) is 5.61. The summed E-state index contributed by atoms with van der Waals surface area (Å²) < 4.78 is 11.8. The van der Waals surface area contributed by atoms with E-state index >= 15 is 0 Å². The van der Waals surface area contributed by atoms with E-state index in [1.807, 2.05) is 27.8 Å². The summed E-state index contributed by atoms with van der Waals surface area (Å²) in [4.78, 5) is 36.5. The van der Waals surface area contributed by atoms with Crippen LogP contribution >= 0.6 is 11.3 Å². The Morgan fingerprint density at radius 2 is 1.93 bits per heavy atom. The number of aryl methyl sites for hydroxylation is 1. The first kappa shape index (κ1) is 21.0. The number of carbonyl (C=O) groups excluding carboxylic acids is 2. The Balaban J connectivity index is 1.43. The van der Waals surface area contributed by atoms with Gasteiger partial charge in [-0.25, -0.2) is 14.8 Å². The van der Waals surface area contributed by atoms with Crippen molar-refractivity contribution in [2.75, 3.05) is 7.05 Å². The third-order valence-corrected chi connectivity index (χ3v) is 7.11. The second kappa shape index (κ2) is 8.13. The van der Waals surface area contributed by atoms with Crippen molar-refractivity contribution in [3.8, 4) is 5.88 Å². The van der Waals surface area contributed by atoms with E-state index in [0.29, 0.717) is 5.88 Å². The van der Waals surface area contributed by atoms with Crippen molar-refractivity contribution in [3.05, 3.63) is 16.8 Å². The van der Waals surface area contributed by atoms with E-state index in [9.17, 15) is 9.59 Å². The Labute approximate surface area is 180 Å². The second-order valence-corrected chi connectivity index (χ2v) is 10.3. The number of rotatable bonds is 4. The smallest absolute Gasteiger partial charge is 0.410 e. The molecule has 2 aliphatic rings. The molecule has 2 aromatic heterocycles. The standard InChI is InChI=1S/C22H29N3O4S/c1-22(2,3)29-21(27)25(4)14-6-8-15(9-7-14)28-19-18-17-13(11-26)5-10-16(17)30-20(18)24-12-23-19/h11-15H,5-10H2,1-4H3/t13-,14?,15?/m1/s1. The Morgan fingerprint density at radius 3 is 2.60 bits per heavy atom. The van der Waals surface area contributed by atoms with Crippen molar-refractivity contribution in [1.29, 1.82) is 0 Å². The van der Waals surface area contributed by atoms with Gasteiger partial charge in [-0.1, -0.05) is 0 Å². The quantitative estimate of drug-likeness (QED) is 0.664. The Hall–Kier alpha value is -2.22. The lowest BCUT2D eigenvalue weighted by atomic mass is 9.92. The molecule has 4 rings (SSSR count). The van der Waals surface area contributed by atoms with Gasteiger partial charge in [0.05, 0.1) is 5.39 Å². The van der Waals surface area contributed by atoms with Crippen LogP contribution in [0.5, 0.6) is 5.88 Å². The van der Waals surface area contributed by atoms with Gasteiger partial charge in [-0.3, -0.25) is 0 Å². The molecule has 1 saturated carbocycles. The summed E-state index contributed by atoms with van der Waals surface area (Å²) in [6.45, 7) is 5.63. The lowest BCUT2D eigenvalue weighted by molar-refractivity contribution is -0.109. The van der Waals surface area contributed by atoms with E-state index in [2.05, 4.69) is 9.97 Å². The van der Waals surface area contributed by atoms with Gasteiger partial charge in [0.2, 0.25) is 5.88 Å². The maximum absolute atomic E-state index is 12.3. The van der Waals surface area contributed by atoms with Gasteiger partial charge >= 0.3 is 6.09 Å². The third kappa shape index (κ3) is 4.15. The molecule has 2 aromatic rings. The fraction of sp³-hybridized carbons (Fsp3) is 0.636. The number of amides is 1. The number of thiophene rings is 1. The molecular weight excluding hydrogens is 402 g/mol. The van der Waals surface area contributed by atoms with Crippen molar-refractivity contribution in [2.45, 2.75) is 83.0 Å². The number of hydrogen-bond acceptors (Lipinski definition) is 7. The molecular formula is C22H29N3O4S. The van der Waals surface area contributed by atoms with Crippen LogP contribution in [0.3, 0.4) is 0 Å². The molecule has 0 N–H and O–H groups in total. The van der Waals surface area contributed by atoms with E-state index < -0.39 is 5.60 Å². The monoisotopic (exact) mass is 431 g/mol. The van der Waals surface area contributed by atoms with Crippen LogP contribution < -0.4 is 4.74 Å². The molecule has 1 amide bonds. The zero-order chi connectivity index (χ0) is 21.5. The number of ether oxygens (including phenoxy) is 2. The fourth-order valence-electron chi connectivity index (χ4n) is 4.40. The molecule has 2 aliphatic carbocycles. The normalized spacial score (nSPS) is 23.8. The first-order chi connectivity index (χ1) is 14.3. The molecule has 30 heavy (non-hydrogen) atoms. The van der Waals surface area contributed by atoms with Crippen LogP contribution in [0.4, 0.5) is 4.79 Å². The highest BCUT2D eigenvalue weighted by atomic mass is 32.1. The number of aromatic nitrogens is 2. The van der Waals surface area contributed by atoms with Crippen LogP contribution in [-0.2, 0) is 16.0 Å². The highest BCUT2D eigenvalue weighted by Crippen LogP contribution is 2.45. The van der Waals surface area contributed by atoms with Crippen LogP contribution in [0.2, 0.25) is 0 Å². The van der Waals surface area contributed by atoms with Crippen molar-refractivity contribution in [1.82, 2.24) is 14.9 Å². The second-order valence-electron chi connectivity index (χ2n) is 9.22. The van der Waals surface area contributed by atoms with Crippen LogP contribution in [-0.4, -0.2) is 52.0 Å². The average Bonchev–Trinajstić information content (AvgIpc) is 3.26. The van der Waals surface area contributed by atoms with Crippen molar-refractivity contribution in [2.24, 2.45) is 0 Å². The minimum atomic E-state index is -0.496. The van der Waals surface area contributed by atoms with Crippen molar-refractivity contribution in [3.63, 3.8) is 0 Å². The summed E-state index contributed by atoms with van der Waals surface area (Å²) in [6.07, 6.45) is 7.50. The molecule has 2 heterocycles. The predicted molar refractivity (Wildman–Crippen MR) is 115 cm³/mol. The predicted octanol–water partition coefficient (Wildman–Crippen LogP) is 4.48. The first-order valence-electron chi connectivity index (χ1n) is 10.6. The molecule has 8 heteroatoms. The van der Waals surface area contributed by atoms with Crippen LogP contribution in [0.15, 0.2) is 6.33 Å². The maximum atomic E-state index is 12.3. The molecule has 0 radical (unpaired) electrons. The van der Waals surface area contributed by atoms with E-state index in [4.69, 9.17) is 9.47 Å². The zero-order valence-electron chi connectivity index (χ0n) is 18.0. The van der Waals surface area contributed by atoms with E-state index in [1.165, 1.54) is 4.88 Å². The minimum absolute atomic E-state index is 0.0398. The maximum Gasteiger partial charge on any atom is 0.410 e. The number of aldehydes is 1. The summed E-state index contributed by atoms with van der Waals surface area (Å²) >= 11 is 1.65. The van der Waals surface area contributed by atoms with Gasteiger partial charge < -0.3 is 19.2 Å². The Bertz CT molecular complexity index is 944. The molecule has 0 saturated heterocycles. The summed E-state index contributed by atoms with van der Waals surface area (Å²) in [5.41, 5.74) is 0.573. The van der Waals surface area contributed by atoms with Gasteiger partial charge in [-0.05, 0) is 64.9 Å². The van der Waals surface area contributed by atoms with Crippen LogP contribution in [0, 0.1) is 0 Å². The molecule has 1 fully saturated rings. The van der Waals surface area contributed by atoms with Crippen molar-refractivity contribution < 1.29 is 19.1 Å².